The van der Waals surface area contributed by atoms with E-state index in [1.54, 1.807) is 6.07 Å². The molecule has 1 aliphatic rings. The third-order valence-electron chi connectivity index (χ3n) is 2.83. The average molecular weight is 235 g/mol. The van der Waals surface area contributed by atoms with Gasteiger partial charge in [-0.05, 0) is 19.0 Å². The summed E-state index contributed by atoms with van der Waals surface area (Å²) < 4.78 is 13.2. The second-order valence-electron chi connectivity index (χ2n) is 4.12. The highest BCUT2D eigenvalue weighted by Crippen LogP contribution is 2.20. The fourth-order valence-corrected chi connectivity index (χ4v) is 1.98. The molecule has 0 amide bonds. The average Bonchev–Trinajstić information content (AvgIpc) is 2.37. The first-order valence-electron chi connectivity index (χ1n) is 6.06. The molecule has 3 nitrogen and oxygen atoms in total. The van der Waals surface area contributed by atoms with Crippen molar-refractivity contribution in [1.82, 2.24) is 10.3 Å². The van der Waals surface area contributed by atoms with Crippen molar-refractivity contribution in [3.8, 4) is 0 Å². The van der Waals surface area contributed by atoms with Gasteiger partial charge in [-0.1, -0.05) is 19.1 Å². The lowest BCUT2D eigenvalue weighted by Gasteiger charge is -2.26. The zero-order chi connectivity index (χ0) is 12.1. The van der Waals surface area contributed by atoms with Crippen LogP contribution >= 0.6 is 0 Å². The lowest BCUT2D eigenvalue weighted by atomic mass is 10.2. The minimum Gasteiger partial charge on any atom is -0.352 e. The SMILES string of the molecule is CCNCc1cc(F)cnc1N1CC=CCC1. The standard InChI is InChI=1S/C13H18FN3/c1-2-15-9-11-8-12(14)10-16-13(11)17-6-4-3-5-7-17/h3-4,8,10,15H,2,5-7,9H2,1H3. The van der Waals surface area contributed by atoms with E-state index in [9.17, 15) is 4.39 Å². The molecule has 0 radical (unpaired) electrons. The van der Waals surface area contributed by atoms with Crippen LogP contribution in [-0.2, 0) is 6.54 Å². The molecule has 1 aromatic rings. The summed E-state index contributed by atoms with van der Waals surface area (Å²) in [5, 5.41) is 3.22. The summed E-state index contributed by atoms with van der Waals surface area (Å²) in [5.74, 6) is 0.630. The maximum atomic E-state index is 13.2. The molecule has 0 unspecified atom stereocenters. The van der Waals surface area contributed by atoms with Crippen molar-refractivity contribution >= 4 is 5.82 Å². The van der Waals surface area contributed by atoms with Crippen LogP contribution in [0.1, 0.15) is 18.9 Å². The molecule has 17 heavy (non-hydrogen) atoms. The molecule has 1 aliphatic heterocycles. The second kappa shape index (κ2) is 5.77. The van der Waals surface area contributed by atoms with Gasteiger partial charge in [0.15, 0.2) is 0 Å². The topological polar surface area (TPSA) is 28.2 Å². The van der Waals surface area contributed by atoms with Crippen LogP contribution < -0.4 is 10.2 Å². The van der Waals surface area contributed by atoms with Gasteiger partial charge in [-0.25, -0.2) is 9.37 Å². The monoisotopic (exact) mass is 235 g/mol. The maximum Gasteiger partial charge on any atom is 0.141 e. The van der Waals surface area contributed by atoms with Crippen LogP contribution in [0.25, 0.3) is 0 Å². The molecule has 0 saturated carbocycles. The van der Waals surface area contributed by atoms with Gasteiger partial charge in [0.2, 0.25) is 0 Å². The molecule has 0 saturated heterocycles. The van der Waals surface area contributed by atoms with Crippen LogP contribution in [-0.4, -0.2) is 24.6 Å². The van der Waals surface area contributed by atoms with Crippen LogP contribution in [0.3, 0.4) is 0 Å². The predicted molar refractivity (Wildman–Crippen MR) is 67.5 cm³/mol. The first-order chi connectivity index (χ1) is 8.31. The van der Waals surface area contributed by atoms with Gasteiger partial charge in [0.1, 0.15) is 11.6 Å². The Kier molecular flexibility index (Phi) is 4.09. The molecular formula is C13H18FN3. The van der Waals surface area contributed by atoms with Gasteiger partial charge in [-0.3, -0.25) is 0 Å². The number of rotatable bonds is 4. The smallest absolute Gasteiger partial charge is 0.141 e. The van der Waals surface area contributed by atoms with Gasteiger partial charge in [0, 0.05) is 25.2 Å². The van der Waals surface area contributed by atoms with Crippen LogP contribution in [0, 0.1) is 5.82 Å². The van der Waals surface area contributed by atoms with E-state index in [4.69, 9.17) is 0 Å². The maximum absolute atomic E-state index is 13.2. The molecular weight excluding hydrogens is 217 g/mol. The first-order valence-corrected chi connectivity index (χ1v) is 6.06. The van der Waals surface area contributed by atoms with Crippen LogP contribution in [0.4, 0.5) is 10.2 Å². The summed E-state index contributed by atoms with van der Waals surface area (Å²) in [7, 11) is 0. The van der Waals surface area contributed by atoms with Crippen molar-refractivity contribution in [1.29, 1.82) is 0 Å². The number of aromatic nitrogens is 1. The number of hydrogen-bond donors (Lipinski definition) is 1. The van der Waals surface area contributed by atoms with Crippen molar-refractivity contribution in [2.75, 3.05) is 24.5 Å². The van der Waals surface area contributed by atoms with Gasteiger partial charge in [-0.2, -0.15) is 0 Å². The van der Waals surface area contributed by atoms with Crippen molar-refractivity contribution in [3.05, 3.63) is 35.8 Å². The van der Waals surface area contributed by atoms with Crippen molar-refractivity contribution < 1.29 is 4.39 Å². The molecule has 0 bridgehead atoms. The Morgan fingerprint density at radius 1 is 1.47 bits per heavy atom. The molecule has 0 spiro atoms. The highest BCUT2D eigenvalue weighted by Gasteiger charge is 2.13. The van der Waals surface area contributed by atoms with E-state index < -0.39 is 0 Å². The van der Waals surface area contributed by atoms with E-state index >= 15 is 0 Å². The normalized spacial score (nSPS) is 15.3. The number of anilines is 1. The molecule has 0 atom stereocenters. The van der Waals surface area contributed by atoms with Crippen LogP contribution in [0.15, 0.2) is 24.4 Å². The van der Waals surface area contributed by atoms with Crippen molar-refractivity contribution in [2.45, 2.75) is 19.9 Å². The first kappa shape index (κ1) is 12.0. The fraction of sp³-hybridized carbons (Fsp3) is 0.462. The Hall–Kier alpha value is -1.42. The highest BCUT2D eigenvalue weighted by atomic mass is 19.1. The highest BCUT2D eigenvalue weighted by molar-refractivity contribution is 5.48. The van der Waals surface area contributed by atoms with E-state index in [0.29, 0.717) is 6.54 Å². The zero-order valence-electron chi connectivity index (χ0n) is 10.1. The van der Waals surface area contributed by atoms with Crippen molar-refractivity contribution in [2.24, 2.45) is 0 Å². The Morgan fingerprint density at radius 3 is 3.06 bits per heavy atom. The lowest BCUT2D eigenvalue weighted by Crippen LogP contribution is -2.29. The number of hydrogen-bond acceptors (Lipinski definition) is 3. The summed E-state index contributed by atoms with van der Waals surface area (Å²) in [6.07, 6.45) is 6.62. The molecule has 2 heterocycles. The molecule has 0 aliphatic carbocycles. The van der Waals surface area contributed by atoms with Gasteiger partial charge < -0.3 is 10.2 Å². The second-order valence-corrected chi connectivity index (χ2v) is 4.12. The minimum absolute atomic E-state index is 0.269. The minimum atomic E-state index is -0.269. The fourth-order valence-electron chi connectivity index (χ4n) is 1.98. The Labute approximate surface area is 101 Å². The molecule has 1 N–H and O–H groups in total. The lowest BCUT2D eigenvalue weighted by molar-refractivity contribution is 0.612. The number of nitrogens with zero attached hydrogens (tertiary/aromatic N) is 2. The third-order valence-corrected chi connectivity index (χ3v) is 2.83. The van der Waals surface area contributed by atoms with Crippen LogP contribution in [0.2, 0.25) is 0 Å². The van der Waals surface area contributed by atoms with E-state index in [-0.39, 0.29) is 5.82 Å². The molecule has 1 aromatic heterocycles. The van der Waals surface area contributed by atoms with E-state index in [0.717, 1.165) is 37.4 Å². The summed E-state index contributed by atoms with van der Waals surface area (Å²) >= 11 is 0. The summed E-state index contributed by atoms with van der Waals surface area (Å²) in [5.41, 5.74) is 0.933. The molecule has 0 aromatic carbocycles. The van der Waals surface area contributed by atoms with Gasteiger partial charge >= 0.3 is 0 Å². The van der Waals surface area contributed by atoms with E-state index in [1.807, 2.05) is 6.92 Å². The van der Waals surface area contributed by atoms with E-state index in [1.165, 1.54) is 6.20 Å². The zero-order valence-corrected chi connectivity index (χ0v) is 10.1. The number of nitrogens with one attached hydrogen (secondary N) is 1. The Balaban J connectivity index is 2.21. The quantitative estimate of drug-likeness (QED) is 0.810. The van der Waals surface area contributed by atoms with E-state index in [2.05, 4.69) is 27.4 Å². The third kappa shape index (κ3) is 3.03. The largest absolute Gasteiger partial charge is 0.352 e. The van der Waals surface area contributed by atoms with Gasteiger partial charge in [-0.15, -0.1) is 0 Å². The summed E-state index contributed by atoms with van der Waals surface area (Å²) in [6, 6.07) is 1.57. The number of pyridine rings is 1. The predicted octanol–water partition coefficient (Wildman–Crippen LogP) is 2.10. The molecule has 2 rings (SSSR count). The molecule has 92 valence electrons. The van der Waals surface area contributed by atoms with Gasteiger partial charge in [0.05, 0.1) is 6.20 Å². The summed E-state index contributed by atoms with van der Waals surface area (Å²) in [6.45, 7) is 5.38. The van der Waals surface area contributed by atoms with Gasteiger partial charge in [0.25, 0.3) is 0 Å². The Bertz CT molecular complexity index is 404. The molecule has 0 fully saturated rings. The summed E-state index contributed by atoms with van der Waals surface area (Å²) in [4.78, 5) is 6.42. The Morgan fingerprint density at radius 2 is 2.35 bits per heavy atom. The van der Waals surface area contributed by atoms with Crippen molar-refractivity contribution in [3.63, 3.8) is 0 Å². The number of halogens is 1. The van der Waals surface area contributed by atoms with Crippen LogP contribution in [0.5, 0.6) is 0 Å². The molecule has 4 heteroatoms.